The van der Waals surface area contributed by atoms with E-state index in [-0.39, 0.29) is 19.0 Å². The SMILES string of the molecule is OCc1c(OCc2ccc(F)cc2)ccc2c(CCC3CCNCC3)noc12. The number of hydrogen-bond acceptors (Lipinski definition) is 5. The molecule has 0 unspecified atom stereocenters. The number of hydrogen-bond donors (Lipinski definition) is 2. The first-order valence-corrected chi connectivity index (χ1v) is 9.83. The van der Waals surface area contributed by atoms with Gasteiger partial charge in [0.1, 0.15) is 18.2 Å². The van der Waals surface area contributed by atoms with Crippen molar-refractivity contribution in [2.75, 3.05) is 13.1 Å². The molecule has 1 aromatic heterocycles. The van der Waals surface area contributed by atoms with E-state index in [0.29, 0.717) is 16.9 Å². The largest absolute Gasteiger partial charge is 0.488 e. The van der Waals surface area contributed by atoms with Crippen LogP contribution in [0.25, 0.3) is 11.0 Å². The molecule has 4 rings (SSSR count). The molecule has 0 atom stereocenters. The Morgan fingerprint density at radius 1 is 1.14 bits per heavy atom. The van der Waals surface area contributed by atoms with Crippen molar-refractivity contribution in [2.45, 2.75) is 38.9 Å². The standard InChI is InChI=1S/C22H25FN2O3/c23-17-4-1-16(2-5-17)14-27-21-8-6-18-20(25-28-22(18)19(21)13-26)7-3-15-9-11-24-12-10-15/h1-2,4-6,8,15,24,26H,3,7,9-14H2. The Kier molecular flexibility index (Phi) is 5.88. The molecular weight excluding hydrogens is 359 g/mol. The molecule has 0 radical (unpaired) electrons. The Labute approximate surface area is 163 Å². The number of nitrogens with zero attached hydrogens (tertiary/aromatic N) is 1. The maximum absolute atomic E-state index is 13.0. The Bertz CT molecular complexity index is 917. The fourth-order valence-corrected chi connectivity index (χ4v) is 3.81. The minimum Gasteiger partial charge on any atom is -0.488 e. The van der Waals surface area contributed by atoms with Crippen molar-refractivity contribution in [2.24, 2.45) is 5.92 Å². The highest BCUT2D eigenvalue weighted by molar-refractivity contribution is 5.84. The summed E-state index contributed by atoms with van der Waals surface area (Å²) in [5.74, 6) is 1.00. The summed E-state index contributed by atoms with van der Waals surface area (Å²) in [5, 5.41) is 18.5. The summed E-state index contributed by atoms with van der Waals surface area (Å²) in [6, 6.07) is 9.96. The summed E-state index contributed by atoms with van der Waals surface area (Å²) in [4.78, 5) is 0. The Balaban J connectivity index is 1.48. The summed E-state index contributed by atoms with van der Waals surface area (Å²) in [6.45, 7) is 2.27. The highest BCUT2D eigenvalue weighted by Gasteiger charge is 2.18. The van der Waals surface area contributed by atoms with Crippen LogP contribution >= 0.6 is 0 Å². The van der Waals surface area contributed by atoms with Crippen LogP contribution in [0.4, 0.5) is 4.39 Å². The molecule has 0 spiro atoms. The summed E-state index contributed by atoms with van der Waals surface area (Å²) >= 11 is 0. The van der Waals surface area contributed by atoms with E-state index in [0.717, 1.165) is 48.5 Å². The van der Waals surface area contributed by atoms with Gasteiger partial charge >= 0.3 is 0 Å². The molecule has 3 aromatic rings. The number of rotatable bonds is 7. The van der Waals surface area contributed by atoms with Crippen LogP contribution in [-0.4, -0.2) is 23.4 Å². The van der Waals surface area contributed by atoms with Crippen LogP contribution in [0.5, 0.6) is 5.75 Å². The van der Waals surface area contributed by atoms with E-state index in [9.17, 15) is 9.50 Å². The summed E-state index contributed by atoms with van der Waals surface area (Å²) < 4.78 is 24.4. The average molecular weight is 384 g/mol. The van der Waals surface area contributed by atoms with Gasteiger partial charge in [-0.2, -0.15) is 0 Å². The highest BCUT2D eigenvalue weighted by Crippen LogP contribution is 2.32. The lowest BCUT2D eigenvalue weighted by molar-refractivity contribution is 0.258. The predicted molar refractivity (Wildman–Crippen MR) is 105 cm³/mol. The van der Waals surface area contributed by atoms with E-state index in [1.165, 1.54) is 25.0 Å². The maximum Gasteiger partial charge on any atom is 0.176 e. The van der Waals surface area contributed by atoms with Crippen LogP contribution in [0, 0.1) is 11.7 Å². The number of nitrogens with one attached hydrogen (secondary N) is 1. The first-order chi connectivity index (χ1) is 13.7. The van der Waals surface area contributed by atoms with E-state index >= 15 is 0 Å². The number of aliphatic hydroxyl groups excluding tert-OH is 1. The third kappa shape index (κ3) is 4.18. The monoisotopic (exact) mass is 384 g/mol. The molecular formula is C22H25FN2O3. The first kappa shape index (κ1) is 18.9. The zero-order valence-corrected chi connectivity index (χ0v) is 15.8. The second kappa shape index (κ2) is 8.71. The van der Waals surface area contributed by atoms with Gasteiger partial charge in [-0.25, -0.2) is 4.39 Å². The molecule has 2 heterocycles. The van der Waals surface area contributed by atoms with Gasteiger partial charge in [0, 0.05) is 5.39 Å². The first-order valence-electron chi connectivity index (χ1n) is 9.83. The van der Waals surface area contributed by atoms with Gasteiger partial charge in [0.25, 0.3) is 0 Å². The van der Waals surface area contributed by atoms with Crippen LogP contribution in [-0.2, 0) is 19.6 Å². The minimum atomic E-state index is -0.278. The average Bonchev–Trinajstić information content (AvgIpc) is 3.15. The van der Waals surface area contributed by atoms with E-state index in [1.54, 1.807) is 12.1 Å². The smallest absolute Gasteiger partial charge is 0.176 e. The molecule has 1 aliphatic rings. The molecule has 1 aliphatic heterocycles. The molecule has 0 amide bonds. The van der Waals surface area contributed by atoms with Gasteiger partial charge in [0.05, 0.1) is 17.9 Å². The summed E-state index contributed by atoms with van der Waals surface area (Å²) in [7, 11) is 0. The number of benzene rings is 2. The summed E-state index contributed by atoms with van der Waals surface area (Å²) in [6.07, 6.45) is 4.39. The normalized spacial score (nSPS) is 15.2. The van der Waals surface area contributed by atoms with Gasteiger partial charge in [-0.15, -0.1) is 0 Å². The Morgan fingerprint density at radius 2 is 1.93 bits per heavy atom. The topological polar surface area (TPSA) is 67.5 Å². The number of halogens is 1. The maximum atomic E-state index is 13.0. The number of fused-ring (bicyclic) bond motifs is 1. The number of piperidine rings is 1. The predicted octanol–water partition coefficient (Wildman–Crippen LogP) is 3.97. The summed E-state index contributed by atoms with van der Waals surface area (Å²) in [5.41, 5.74) is 2.97. The van der Waals surface area contributed by atoms with Crippen molar-refractivity contribution in [1.29, 1.82) is 0 Å². The molecule has 2 N–H and O–H groups in total. The van der Waals surface area contributed by atoms with Crippen LogP contribution in [0.2, 0.25) is 0 Å². The zero-order chi connectivity index (χ0) is 19.3. The number of aromatic nitrogens is 1. The second-order valence-corrected chi connectivity index (χ2v) is 7.35. The number of ether oxygens (including phenoxy) is 1. The molecule has 0 saturated carbocycles. The van der Waals surface area contributed by atoms with E-state index in [2.05, 4.69) is 10.5 Å². The molecule has 1 fully saturated rings. The zero-order valence-electron chi connectivity index (χ0n) is 15.8. The fraction of sp³-hybridized carbons (Fsp3) is 0.409. The van der Waals surface area contributed by atoms with E-state index < -0.39 is 0 Å². The van der Waals surface area contributed by atoms with Crippen molar-refractivity contribution < 1.29 is 18.8 Å². The quantitative estimate of drug-likeness (QED) is 0.645. The minimum absolute atomic E-state index is 0.195. The van der Waals surface area contributed by atoms with Gasteiger partial charge in [0.15, 0.2) is 5.58 Å². The molecule has 5 nitrogen and oxygen atoms in total. The van der Waals surface area contributed by atoms with Crippen molar-refractivity contribution in [3.05, 3.63) is 59.0 Å². The molecule has 2 aromatic carbocycles. The van der Waals surface area contributed by atoms with Crippen molar-refractivity contribution >= 4 is 11.0 Å². The fourth-order valence-electron chi connectivity index (χ4n) is 3.81. The van der Waals surface area contributed by atoms with Crippen LogP contribution in [0.15, 0.2) is 40.9 Å². The lowest BCUT2D eigenvalue weighted by atomic mass is 9.92. The van der Waals surface area contributed by atoms with Gasteiger partial charge in [0.2, 0.25) is 0 Å². The molecule has 6 heteroatoms. The van der Waals surface area contributed by atoms with E-state index in [1.807, 2.05) is 12.1 Å². The van der Waals surface area contributed by atoms with Crippen molar-refractivity contribution in [3.8, 4) is 5.75 Å². The lowest BCUT2D eigenvalue weighted by Gasteiger charge is -2.21. The molecule has 28 heavy (non-hydrogen) atoms. The third-order valence-electron chi connectivity index (χ3n) is 5.49. The number of aryl methyl sites for hydroxylation is 1. The second-order valence-electron chi connectivity index (χ2n) is 7.35. The molecule has 1 saturated heterocycles. The molecule has 0 aliphatic carbocycles. The van der Waals surface area contributed by atoms with Gasteiger partial charge in [-0.05, 0) is 74.5 Å². The molecule has 148 valence electrons. The number of aliphatic hydroxyl groups is 1. The Hall–Kier alpha value is -2.44. The van der Waals surface area contributed by atoms with Crippen LogP contribution < -0.4 is 10.1 Å². The lowest BCUT2D eigenvalue weighted by Crippen LogP contribution is -2.27. The highest BCUT2D eigenvalue weighted by atomic mass is 19.1. The van der Waals surface area contributed by atoms with Crippen LogP contribution in [0.3, 0.4) is 0 Å². The van der Waals surface area contributed by atoms with Crippen molar-refractivity contribution in [3.63, 3.8) is 0 Å². The third-order valence-corrected chi connectivity index (χ3v) is 5.49. The van der Waals surface area contributed by atoms with Crippen molar-refractivity contribution in [1.82, 2.24) is 10.5 Å². The van der Waals surface area contributed by atoms with Gasteiger partial charge in [-0.3, -0.25) is 0 Å². The molecule has 0 bridgehead atoms. The van der Waals surface area contributed by atoms with E-state index in [4.69, 9.17) is 9.26 Å². The van der Waals surface area contributed by atoms with Gasteiger partial charge < -0.3 is 19.7 Å². The Morgan fingerprint density at radius 3 is 2.68 bits per heavy atom. The van der Waals surface area contributed by atoms with Crippen LogP contribution in [0.1, 0.15) is 36.1 Å². The van der Waals surface area contributed by atoms with Gasteiger partial charge in [-0.1, -0.05) is 17.3 Å².